The van der Waals surface area contributed by atoms with Crippen LogP contribution in [-0.4, -0.2) is 62.2 Å². The van der Waals surface area contributed by atoms with Crippen LogP contribution in [0.4, 0.5) is 10.5 Å². The van der Waals surface area contributed by atoms with E-state index >= 15 is 0 Å². The largest absolute Gasteiger partial charge is 0.465 e. The summed E-state index contributed by atoms with van der Waals surface area (Å²) < 4.78 is 26.7. The number of carbonyl (C=O) groups excluding carboxylic acids is 1. The maximum absolute atomic E-state index is 13.3. The highest BCUT2D eigenvalue weighted by Crippen LogP contribution is 2.30. The Morgan fingerprint density at radius 3 is 2.44 bits per heavy atom. The summed E-state index contributed by atoms with van der Waals surface area (Å²) >= 11 is 6.21. The van der Waals surface area contributed by atoms with Gasteiger partial charge in [0.05, 0.1) is 17.4 Å². The molecule has 3 aromatic carbocycles. The summed E-state index contributed by atoms with van der Waals surface area (Å²) in [4.78, 5) is 24.3. The maximum Gasteiger partial charge on any atom is 0.409 e. The second-order valence-corrected chi connectivity index (χ2v) is 12.2. The van der Waals surface area contributed by atoms with Crippen molar-refractivity contribution in [3.05, 3.63) is 113 Å². The van der Waals surface area contributed by atoms with Gasteiger partial charge in [-0.3, -0.25) is 10.1 Å². The van der Waals surface area contributed by atoms with E-state index in [1.807, 2.05) is 30.3 Å². The molecular formula is C30H25ClN8O5S. The van der Waals surface area contributed by atoms with Crippen molar-refractivity contribution in [1.29, 1.82) is 0 Å². The molecule has 0 radical (unpaired) electrons. The fourth-order valence-electron chi connectivity index (χ4n) is 4.51. The third kappa shape index (κ3) is 7.93. The molecule has 0 aliphatic carbocycles. The average Bonchev–Trinajstić information content (AvgIpc) is 3.55. The second kappa shape index (κ2) is 13.4. The number of aromatic nitrogens is 6. The Morgan fingerprint density at radius 2 is 1.78 bits per heavy atom. The summed E-state index contributed by atoms with van der Waals surface area (Å²) in [6, 6.07) is 21.5. The standard InChI is InChI=1S/C30H25ClN8O5S/c1-45(43,44)29-24(20-7-11-23(12-8-20)33-30(41)42)17-26(35-36-29)25(15-19-5-3-2-4-6-19)34-28(40)14-9-21-16-22(31)10-13-27(21)39-18-32-37-38-39/h2-14,16-18,25,33H,15H2,1H3,(H,34,40)(H,41,42). The minimum absolute atomic E-state index is 0.247. The molecule has 45 heavy (non-hydrogen) atoms. The van der Waals surface area contributed by atoms with Crippen LogP contribution in [0.25, 0.3) is 22.9 Å². The lowest BCUT2D eigenvalue weighted by Crippen LogP contribution is -2.29. The van der Waals surface area contributed by atoms with Crippen molar-refractivity contribution < 1.29 is 23.1 Å². The number of anilines is 1. The van der Waals surface area contributed by atoms with Crippen molar-refractivity contribution in [1.82, 2.24) is 35.7 Å². The van der Waals surface area contributed by atoms with Crippen LogP contribution in [0.5, 0.6) is 0 Å². The van der Waals surface area contributed by atoms with E-state index in [4.69, 9.17) is 16.7 Å². The summed E-state index contributed by atoms with van der Waals surface area (Å²) in [5.41, 5.74) is 3.41. The second-order valence-electron chi connectivity index (χ2n) is 9.81. The van der Waals surface area contributed by atoms with Crippen molar-refractivity contribution >= 4 is 45.2 Å². The predicted molar refractivity (Wildman–Crippen MR) is 166 cm³/mol. The van der Waals surface area contributed by atoms with Crippen molar-refractivity contribution in [2.24, 2.45) is 0 Å². The van der Waals surface area contributed by atoms with E-state index in [0.29, 0.717) is 39.6 Å². The zero-order valence-electron chi connectivity index (χ0n) is 23.6. The fraction of sp³-hybridized carbons (Fsp3) is 0.100. The lowest BCUT2D eigenvalue weighted by molar-refractivity contribution is -0.117. The molecule has 0 saturated heterocycles. The van der Waals surface area contributed by atoms with E-state index in [2.05, 4.69) is 36.4 Å². The zero-order valence-corrected chi connectivity index (χ0v) is 25.1. The first kappa shape index (κ1) is 31.0. The number of amides is 2. The van der Waals surface area contributed by atoms with Crippen LogP contribution in [-0.2, 0) is 21.1 Å². The molecule has 5 aromatic rings. The molecule has 0 bridgehead atoms. The summed E-state index contributed by atoms with van der Waals surface area (Å²) in [7, 11) is -3.81. The molecule has 0 aliphatic rings. The smallest absolute Gasteiger partial charge is 0.409 e. The number of sulfone groups is 1. The Kier molecular flexibility index (Phi) is 9.25. The molecule has 13 nitrogen and oxygen atoms in total. The van der Waals surface area contributed by atoms with Gasteiger partial charge in [0.15, 0.2) is 14.9 Å². The molecule has 3 N–H and O–H groups in total. The number of halogens is 1. The number of rotatable bonds is 10. The third-order valence-electron chi connectivity index (χ3n) is 6.53. The maximum atomic E-state index is 13.3. The zero-order chi connectivity index (χ0) is 32.0. The van der Waals surface area contributed by atoms with Gasteiger partial charge in [-0.25, -0.2) is 13.2 Å². The van der Waals surface area contributed by atoms with Crippen LogP contribution in [0.3, 0.4) is 0 Å². The van der Waals surface area contributed by atoms with E-state index in [9.17, 15) is 18.0 Å². The average molecular weight is 645 g/mol. The Hall–Kier alpha value is -5.47. The molecule has 2 amide bonds. The van der Waals surface area contributed by atoms with Gasteiger partial charge in [0.25, 0.3) is 0 Å². The Balaban J connectivity index is 1.50. The first-order valence-corrected chi connectivity index (χ1v) is 15.6. The normalized spacial score (nSPS) is 12.1. The minimum Gasteiger partial charge on any atom is -0.465 e. The Bertz CT molecular complexity index is 1970. The Labute approximate surface area is 262 Å². The van der Waals surface area contributed by atoms with Crippen molar-refractivity contribution in [3.8, 4) is 16.8 Å². The summed E-state index contributed by atoms with van der Waals surface area (Å²) in [5.74, 6) is -0.460. The number of benzene rings is 3. The molecule has 15 heteroatoms. The number of carboxylic acid groups (broad SMARTS) is 1. The monoisotopic (exact) mass is 644 g/mol. The van der Waals surface area contributed by atoms with E-state index in [0.717, 1.165) is 11.8 Å². The highest BCUT2D eigenvalue weighted by molar-refractivity contribution is 7.90. The van der Waals surface area contributed by atoms with Gasteiger partial charge < -0.3 is 10.4 Å². The predicted octanol–water partition coefficient (Wildman–Crippen LogP) is 4.38. The number of nitrogens with one attached hydrogen (secondary N) is 2. The van der Waals surface area contributed by atoms with E-state index in [-0.39, 0.29) is 10.6 Å². The van der Waals surface area contributed by atoms with Gasteiger partial charge in [0.1, 0.15) is 6.33 Å². The van der Waals surface area contributed by atoms with E-state index in [1.54, 1.807) is 42.5 Å². The highest BCUT2D eigenvalue weighted by Gasteiger charge is 2.23. The van der Waals surface area contributed by atoms with Gasteiger partial charge in [-0.2, -0.15) is 9.78 Å². The van der Waals surface area contributed by atoms with Crippen LogP contribution in [0.2, 0.25) is 5.02 Å². The first-order valence-electron chi connectivity index (χ1n) is 13.3. The molecule has 228 valence electrons. The number of nitrogens with zero attached hydrogens (tertiary/aromatic N) is 6. The summed E-state index contributed by atoms with van der Waals surface area (Å²) in [6.07, 6.45) is 4.44. The van der Waals surface area contributed by atoms with Gasteiger partial charge in [0.2, 0.25) is 5.91 Å². The van der Waals surface area contributed by atoms with Crippen molar-refractivity contribution in [3.63, 3.8) is 0 Å². The van der Waals surface area contributed by atoms with Gasteiger partial charge in [-0.15, -0.1) is 10.2 Å². The van der Waals surface area contributed by atoms with Gasteiger partial charge in [-0.1, -0.05) is 54.1 Å². The van der Waals surface area contributed by atoms with Gasteiger partial charge in [-0.05, 0) is 70.4 Å². The quantitative estimate of drug-likeness (QED) is 0.185. The van der Waals surface area contributed by atoms with E-state index in [1.165, 1.54) is 29.2 Å². The number of hydrogen-bond acceptors (Lipinski definition) is 9. The lowest BCUT2D eigenvalue weighted by atomic mass is 10.00. The molecule has 2 heterocycles. The molecular weight excluding hydrogens is 620 g/mol. The van der Waals surface area contributed by atoms with Crippen LogP contribution in [0, 0.1) is 0 Å². The van der Waals surface area contributed by atoms with Crippen molar-refractivity contribution in [2.75, 3.05) is 11.6 Å². The minimum atomic E-state index is -3.81. The van der Waals surface area contributed by atoms with Crippen molar-refractivity contribution in [2.45, 2.75) is 17.5 Å². The lowest BCUT2D eigenvalue weighted by Gasteiger charge is -2.19. The molecule has 0 aliphatic heterocycles. The summed E-state index contributed by atoms with van der Waals surface area (Å²) in [5, 5.41) is 33.9. The fourth-order valence-corrected chi connectivity index (χ4v) is 5.45. The molecule has 1 unspecified atom stereocenters. The van der Waals surface area contributed by atoms with Crippen LogP contribution >= 0.6 is 11.6 Å². The van der Waals surface area contributed by atoms with Gasteiger partial charge >= 0.3 is 6.09 Å². The van der Waals surface area contributed by atoms with Crippen LogP contribution in [0.1, 0.15) is 22.9 Å². The SMILES string of the molecule is CS(=O)(=O)c1nnc(C(Cc2ccccc2)NC(=O)C=Cc2cc(Cl)ccc2-n2cnnn2)cc1-c1ccc(NC(=O)O)cc1. The third-order valence-corrected chi connectivity index (χ3v) is 7.77. The molecule has 0 spiro atoms. The number of hydrogen-bond donors (Lipinski definition) is 3. The topological polar surface area (TPSA) is 182 Å². The number of tetrazole rings is 1. The van der Waals surface area contributed by atoms with Gasteiger partial charge in [0, 0.05) is 34.2 Å². The molecule has 0 fully saturated rings. The molecule has 2 aromatic heterocycles. The summed E-state index contributed by atoms with van der Waals surface area (Å²) in [6.45, 7) is 0. The van der Waals surface area contributed by atoms with E-state index < -0.39 is 27.9 Å². The van der Waals surface area contributed by atoms with Crippen LogP contribution in [0.15, 0.2) is 96.3 Å². The molecule has 1 atom stereocenters. The van der Waals surface area contributed by atoms with Crippen LogP contribution < -0.4 is 10.6 Å². The highest BCUT2D eigenvalue weighted by atomic mass is 35.5. The molecule has 5 rings (SSSR count). The Morgan fingerprint density at radius 1 is 1.02 bits per heavy atom. The number of carbonyl (C=O) groups is 2. The first-order chi connectivity index (χ1) is 21.6. The molecule has 0 saturated carbocycles.